The summed E-state index contributed by atoms with van der Waals surface area (Å²) in [5.74, 6) is 0.182. The summed E-state index contributed by atoms with van der Waals surface area (Å²) in [6, 6.07) is 2.54. The molecule has 1 saturated heterocycles. The summed E-state index contributed by atoms with van der Waals surface area (Å²) in [6.07, 6.45) is -0.356. The van der Waals surface area contributed by atoms with Gasteiger partial charge in [-0.2, -0.15) is 18.3 Å². The summed E-state index contributed by atoms with van der Waals surface area (Å²) in [5.41, 5.74) is -0.251. The Labute approximate surface area is 147 Å². The minimum absolute atomic E-state index is 0.0454. The molecule has 1 aliphatic rings. The lowest BCUT2D eigenvalue weighted by Crippen LogP contribution is -2.39. The number of alkyl halides is 3. The Balaban J connectivity index is 1.54. The van der Waals surface area contributed by atoms with Crippen molar-refractivity contribution < 1.29 is 13.2 Å². The van der Waals surface area contributed by atoms with Crippen molar-refractivity contribution in [2.75, 3.05) is 18.4 Å². The van der Waals surface area contributed by atoms with Gasteiger partial charge >= 0.3 is 6.18 Å². The maximum Gasteiger partial charge on any atom is 0.433 e. The van der Waals surface area contributed by atoms with Gasteiger partial charge in [0.05, 0.1) is 6.20 Å². The molecule has 26 heavy (non-hydrogen) atoms. The first-order valence-corrected chi connectivity index (χ1v) is 8.21. The number of hydrogen-bond acceptors (Lipinski definition) is 6. The quantitative estimate of drug-likeness (QED) is 0.885. The Hall–Kier alpha value is -2.49. The summed E-state index contributed by atoms with van der Waals surface area (Å²) in [5, 5.41) is 7.05. The zero-order valence-electron chi connectivity index (χ0n) is 14.2. The third kappa shape index (κ3) is 4.57. The van der Waals surface area contributed by atoms with Crippen LogP contribution in [-0.2, 0) is 19.8 Å². The van der Waals surface area contributed by atoms with E-state index in [-0.39, 0.29) is 17.4 Å². The molecule has 140 valence electrons. The first-order valence-electron chi connectivity index (χ1n) is 8.21. The third-order valence-corrected chi connectivity index (χ3v) is 4.33. The smallest absolute Gasteiger partial charge is 0.367 e. The van der Waals surface area contributed by atoms with E-state index in [1.54, 1.807) is 19.3 Å². The largest absolute Gasteiger partial charge is 0.433 e. The van der Waals surface area contributed by atoms with E-state index in [4.69, 9.17) is 0 Å². The monoisotopic (exact) mass is 368 g/mol. The van der Waals surface area contributed by atoms with Crippen LogP contribution in [0.25, 0.3) is 0 Å². The number of nitrogens with zero attached hydrogens (tertiary/aromatic N) is 5. The predicted octanol–water partition coefficient (Wildman–Crippen LogP) is 1.67. The molecule has 0 aliphatic carbocycles. The number of halogens is 3. The Morgan fingerprint density at radius 3 is 2.62 bits per heavy atom. The molecular weight excluding hydrogens is 349 g/mol. The topological polar surface area (TPSA) is 75.9 Å². The number of hydrogen-bond donors (Lipinski definition) is 1. The van der Waals surface area contributed by atoms with E-state index in [2.05, 4.69) is 25.3 Å². The molecule has 10 heteroatoms. The van der Waals surface area contributed by atoms with Crippen molar-refractivity contribution in [2.24, 2.45) is 7.05 Å². The van der Waals surface area contributed by atoms with Crippen LogP contribution in [0.2, 0.25) is 0 Å². The van der Waals surface area contributed by atoms with Gasteiger partial charge in [-0.05, 0) is 18.4 Å². The van der Waals surface area contributed by atoms with E-state index in [1.165, 1.54) is 4.68 Å². The molecule has 3 heterocycles. The fourth-order valence-electron chi connectivity index (χ4n) is 2.89. The summed E-state index contributed by atoms with van der Waals surface area (Å²) in [7, 11) is 1.60. The standard InChI is InChI=1S/C16H19F3N6O/c1-24-15(26)6-11(8-22-24)9-25-4-2-12(3-5-25)23-14-7-13(16(17,18)19)20-10-21-14/h6-8,10,12H,2-5,9H2,1H3,(H,20,21,23). The molecule has 1 N–H and O–H groups in total. The van der Waals surface area contributed by atoms with Crippen molar-refractivity contribution >= 4 is 5.82 Å². The van der Waals surface area contributed by atoms with Gasteiger partial charge in [0, 0.05) is 44.9 Å². The van der Waals surface area contributed by atoms with Gasteiger partial charge in [-0.25, -0.2) is 14.6 Å². The second-order valence-corrected chi connectivity index (χ2v) is 6.31. The molecule has 3 rings (SSSR count). The summed E-state index contributed by atoms with van der Waals surface area (Å²) in [6.45, 7) is 2.16. The maximum atomic E-state index is 12.7. The van der Waals surface area contributed by atoms with E-state index in [0.29, 0.717) is 6.54 Å². The van der Waals surface area contributed by atoms with Gasteiger partial charge in [-0.3, -0.25) is 9.69 Å². The van der Waals surface area contributed by atoms with Gasteiger partial charge in [0.1, 0.15) is 17.8 Å². The molecule has 0 unspecified atom stereocenters. The Kier molecular flexibility index (Phi) is 5.21. The van der Waals surface area contributed by atoms with E-state index in [9.17, 15) is 18.0 Å². The van der Waals surface area contributed by atoms with Crippen LogP contribution in [-0.4, -0.2) is 43.8 Å². The third-order valence-electron chi connectivity index (χ3n) is 4.33. The number of aromatic nitrogens is 4. The Morgan fingerprint density at radius 2 is 1.96 bits per heavy atom. The Bertz CT molecular complexity index is 814. The Morgan fingerprint density at radius 1 is 1.23 bits per heavy atom. The molecule has 0 saturated carbocycles. The fourth-order valence-corrected chi connectivity index (χ4v) is 2.89. The molecule has 1 fully saturated rings. The van der Waals surface area contributed by atoms with Crippen molar-refractivity contribution in [2.45, 2.75) is 31.6 Å². The number of likely N-dealkylation sites (tertiary alicyclic amines) is 1. The molecule has 0 aromatic carbocycles. The molecule has 0 spiro atoms. The van der Waals surface area contributed by atoms with Crippen LogP contribution < -0.4 is 10.9 Å². The van der Waals surface area contributed by atoms with Crippen molar-refractivity contribution in [3.8, 4) is 0 Å². The number of nitrogens with one attached hydrogen (secondary N) is 1. The highest BCUT2D eigenvalue weighted by Crippen LogP contribution is 2.28. The highest BCUT2D eigenvalue weighted by atomic mass is 19.4. The molecule has 0 bridgehead atoms. The molecule has 1 aliphatic heterocycles. The molecule has 0 radical (unpaired) electrons. The van der Waals surface area contributed by atoms with E-state index in [0.717, 1.165) is 43.9 Å². The van der Waals surface area contributed by atoms with Crippen LogP contribution in [0.5, 0.6) is 0 Å². The van der Waals surface area contributed by atoms with Crippen molar-refractivity contribution in [3.63, 3.8) is 0 Å². The normalized spacial score (nSPS) is 16.6. The summed E-state index contributed by atoms with van der Waals surface area (Å²) < 4.78 is 39.4. The second-order valence-electron chi connectivity index (χ2n) is 6.31. The van der Waals surface area contributed by atoms with Crippen LogP contribution in [0.3, 0.4) is 0 Å². The van der Waals surface area contributed by atoms with Gasteiger partial charge < -0.3 is 5.32 Å². The van der Waals surface area contributed by atoms with E-state index < -0.39 is 11.9 Å². The lowest BCUT2D eigenvalue weighted by Gasteiger charge is -2.32. The van der Waals surface area contributed by atoms with E-state index >= 15 is 0 Å². The molecule has 2 aromatic heterocycles. The predicted molar refractivity (Wildman–Crippen MR) is 88.4 cm³/mol. The molecule has 7 nitrogen and oxygen atoms in total. The zero-order chi connectivity index (χ0) is 18.7. The van der Waals surface area contributed by atoms with Crippen LogP contribution >= 0.6 is 0 Å². The maximum absolute atomic E-state index is 12.7. The molecular formula is C16H19F3N6O. The molecule has 0 atom stereocenters. The van der Waals surface area contributed by atoms with Crippen molar-refractivity contribution in [1.29, 1.82) is 0 Å². The number of anilines is 1. The highest BCUT2D eigenvalue weighted by molar-refractivity contribution is 5.36. The van der Waals surface area contributed by atoms with Crippen LogP contribution in [0.4, 0.5) is 19.0 Å². The summed E-state index contributed by atoms with van der Waals surface area (Å²) >= 11 is 0. The average Bonchev–Trinajstić information content (AvgIpc) is 2.59. The van der Waals surface area contributed by atoms with Gasteiger partial charge in [0.15, 0.2) is 0 Å². The van der Waals surface area contributed by atoms with E-state index in [1.807, 2.05) is 0 Å². The van der Waals surface area contributed by atoms with Gasteiger partial charge in [-0.1, -0.05) is 0 Å². The number of piperidine rings is 1. The van der Waals surface area contributed by atoms with Gasteiger partial charge in [0.2, 0.25) is 0 Å². The number of aryl methyl sites for hydroxylation is 1. The average molecular weight is 368 g/mol. The first kappa shape index (κ1) is 18.3. The minimum atomic E-state index is -4.48. The van der Waals surface area contributed by atoms with Crippen molar-refractivity contribution in [3.05, 3.63) is 46.3 Å². The molecule has 2 aromatic rings. The summed E-state index contributed by atoms with van der Waals surface area (Å²) in [4.78, 5) is 20.9. The first-order chi connectivity index (χ1) is 12.3. The lowest BCUT2D eigenvalue weighted by molar-refractivity contribution is -0.141. The van der Waals surface area contributed by atoms with Crippen LogP contribution in [0.15, 0.2) is 29.5 Å². The molecule has 0 amide bonds. The minimum Gasteiger partial charge on any atom is -0.367 e. The van der Waals surface area contributed by atoms with Gasteiger partial charge in [-0.15, -0.1) is 0 Å². The van der Waals surface area contributed by atoms with Crippen LogP contribution in [0.1, 0.15) is 24.1 Å². The number of rotatable bonds is 4. The van der Waals surface area contributed by atoms with Gasteiger partial charge in [0.25, 0.3) is 5.56 Å². The van der Waals surface area contributed by atoms with Crippen LogP contribution in [0, 0.1) is 0 Å². The lowest BCUT2D eigenvalue weighted by atomic mass is 10.0. The SMILES string of the molecule is Cn1ncc(CN2CCC(Nc3cc(C(F)(F)F)ncn3)CC2)cc1=O. The van der Waals surface area contributed by atoms with Crippen molar-refractivity contribution in [1.82, 2.24) is 24.6 Å². The zero-order valence-corrected chi connectivity index (χ0v) is 14.2. The highest BCUT2D eigenvalue weighted by Gasteiger charge is 2.33. The fraction of sp³-hybridized carbons (Fsp3) is 0.500. The second kappa shape index (κ2) is 7.40.